The molecule has 124 valence electrons. The summed E-state index contributed by atoms with van der Waals surface area (Å²) in [6.45, 7) is 0.428. The van der Waals surface area contributed by atoms with Gasteiger partial charge in [0.15, 0.2) is 11.5 Å². The van der Waals surface area contributed by atoms with Crippen LogP contribution in [0.2, 0.25) is 0 Å². The summed E-state index contributed by atoms with van der Waals surface area (Å²) in [5, 5.41) is 22.0. The van der Waals surface area contributed by atoms with E-state index in [1.165, 1.54) is 6.08 Å². The van der Waals surface area contributed by atoms with Gasteiger partial charge in [0.2, 0.25) is 0 Å². The van der Waals surface area contributed by atoms with Gasteiger partial charge >= 0.3 is 5.97 Å². The molecule has 2 rings (SSSR count). The number of carboxylic acid groups (broad SMARTS) is 1. The average Bonchev–Trinajstić information content (AvgIpc) is 3.00. The number of aromatic nitrogens is 2. The second kappa shape index (κ2) is 7.83. The highest BCUT2D eigenvalue weighted by Gasteiger charge is 2.13. The van der Waals surface area contributed by atoms with Crippen molar-refractivity contribution in [2.45, 2.75) is 13.0 Å². The minimum Gasteiger partial charge on any atom is -0.493 e. The quantitative estimate of drug-likeness (QED) is 0.785. The SMILES string of the molecule is COc1ccc(-c2nn(CCC#N)cc2/C=C/C(=O)O)cc1OC. The van der Waals surface area contributed by atoms with Gasteiger partial charge in [-0.1, -0.05) is 0 Å². The van der Waals surface area contributed by atoms with Crippen LogP contribution in [0, 0.1) is 11.3 Å². The van der Waals surface area contributed by atoms with E-state index < -0.39 is 5.97 Å². The Morgan fingerprint density at radius 3 is 2.75 bits per heavy atom. The number of hydrogen-bond acceptors (Lipinski definition) is 5. The minimum atomic E-state index is -1.04. The molecule has 1 aromatic carbocycles. The van der Waals surface area contributed by atoms with Crippen molar-refractivity contribution in [2.24, 2.45) is 0 Å². The van der Waals surface area contributed by atoms with Gasteiger partial charge in [0.25, 0.3) is 0 Å². The van der Waals surface area contributed by atoms with Gasteiger partial charge < -0.3 is 14.6 Å². The maximum absolute atomic E-state index is 10.8. The van der Waals surface area contributed by atoms with E-state index in [2.05, 4.69) is 11.2 Å². The molecule has 0 saturated heterocycles. The van der Waals surface area contributed by atoms with Crippen LogP contribution in [0.1, 0.15) is 12.0 Å². The molecule has 0 amide bonds. The lowest BCUT2D eigenvalue weighted by molar-refractivity contribution is -0.131. The number of nitrogens with zero attached hydrogens (tertiary/aromatic N) is 3. The van der Waals surface area contributed by atoms with Gasteiger partial charge in [0.05, 0.1) is 38.9 Å². The summed E-state index contributed by atoms with van der Waals surface area (Å²) >= 11 is 0. The summed E-state index contributed by atoms with van der Waals surface area (Å²) in [6, 6.07) is 7.40. The fourth-order valence-electron chi connectivity index (χ4n) is 2.21. The standard InChI is InChI=1S/C17H17N3O4/c1-23-14-6-4-12(10-15(14)24-2)17-13(5-7-16(21)22)11-20(19-17)9-3-8-18/h4-7,10-11H,3,9H2,1-2H3,(H,21,22)/b7-5+. The van der Waals surface area contributed by atoms with Gasteiger partial charge in [-0.3, -0.25) is 4.68 Å². The predicted octanol–water partition coefficient (Wildman–Crippen LogP) is 2.58. The van der Waals surface area contributed by atoms with E-state index in [1.54, 1.807) is 37.2 Å². The van der Waals surface area contributed by atoms with Crippen molar-refractivity contribution >= 4 is 12.0 Å². The van der Waals surface area contributed by atoms with Crippen LogP contribution in [-0.2, 0) is 11.3 Å². The first-order chi connectivity index (χ1) is 11.6. The highest BCUT2D eigenvalue weighted by molar-refractivity contribution is 5.87. The molecule has 0 unspecified atom stereocenters. The lowest BCUT2D eigenvalue weighted by atomic mass is 10.1. The molecule has 7 heteroatoms. The van der Waals surface area contributed by atoms with E-state index in [0.717, 1.165) is 11.6 Å². The van der Waals surface area contributed by atoms with Crippen molar-refractivity contribution in [3.63, 3.8) is 0 Å². The van der Waals surface area contributed by atoms with Crippen molar-refractivity contribution in [3.8, 4) is 28.8 Å². The molecule has 0 atom stereocenters. The van der Waals surface area contributed by atoms with Gasteiger partial charge in [0.1, 0.15) is 0 Å². The summed E-state index contributed by atoms with van der Waals surface area (Å²) in [5.41, 5.74) is 2.00. The number of methoxy groups -OCH3 is 2. The number of aliphatic carboxylic acids is 1. The molecule has 7 nitrogen and oxygen atoms in total. The van der Waals surface area contributed by atoms with E-state index in [9.17, 15) is 4.79 Å². The van der Waals surface area contributed by atoms with Crippen LogP contribution >= 0.6 is 0 Å². The molecular formula is C17H17N3O4. The largest absolute Gasteiger partial charge is 0.493 e. The van der Waals surface area contributed by atoms with Gasteiger partial charge in [-0.25, -0.2) is 4.79 Å². The molecule has 2 aromatic rings. The van der Waals surface area contributed by atoms with Gasteiger partial charge in [-0.05, 0) is 24.3 Å². The maximum Gasteiger partial charge on any atom is 0.328 e. The number of ether oxygens (including phenoxy) is 2. The highest BCUT2D eigenvalue weighted by Crippen LogP contribution is 2.33. The van der Waals surface area contributed by atoms with Crippen LogP contribution in [0.3, 0.4) is 0 Å². The van der Waals surface area contributed by atoms with Gasteiger partial charge in [0, 0.05) is 23.4 Å². The summed E-state index contributed by atoms with van der Waals surface area (Å²) < 4.78 is 12.1. The number of carboxylic acids is 1. The zero-order valence-electron chi connectivity index (χ0n) is 13.4. The first kappa shape index (κ1) is 17.1. The monoisotopic (exact) mass is 327 g/mol. The molecule has 1 N–H and O–H groups in total. The molecular weight excluding hydrogens is 310 g/mol. The number of carbonyl (C=O) groups is 1. The normalized spacial score (nSPS) is 10.5. The van der Waals surface area contributed by atoms with E-state index in [1.807, 2.05) is 6.07 Å². The lowest BCUT2D eigenvalue weighted by Gasteiger charge is -2.09. The van der Waals surface area contributed by atoms with Crippen LogP contribution < -0.4 is 9.47 Å². The van der Waals surface area contributed by atoms with E-state index >= 15 is 0 Å². The fourth-order valence-corrected chi connectivity index (χ4v) is 2.21. The molecule has 24 heavy (non-hydrogen) atoms. The third-order valence-electron chi connectivity index (χ3n) is 3.31. The minimum absolute atomic E-state index is 0.315. The Bertz CT molecular complexity index is 803. The number of benzene rings is 1. The second-order valence-corrected chi connectivity index (χ2v) is 4.85. The van der Waals surface area contributed by atoms with Gasteiger partial charge in [-0.15, -0.1) is 0 Å². The fraction of sp³-hybridized carbons (Fsp3) is 0.235. The molecule has 1 heterocycles. The molecule has 1 aromatic heterocycles. The third kappa shape index (κ3) is 3.93. The van der Waals surface area contributed by atoms with Crippen molar-refractivity contribution in [1.82, 2.24) is 9.78 Å². The number of aryl methyl sites for hydroxylation is 1. The Labute approximate surface area is 139 Å². The first-order valence-corrected chi connectivity index (χ1v) is 7.17. The molecule has 0 saturated carbocycles. The molecule has 0 radical (unpaired) electrons. The Kier molecular flexibility index (Phi) is 5.58. The highest BCUT2D eigenvalue weighted by atomic mass is 16.5. The van der Waals surface area contributed by atoms with Crippen molar-refractivity contribution in [1.29, 1.82) is 5.26 Å². The van der Waals surface area contributed by atoms with Crippen LogP contribution in [0.4, 0.5) is 0 Å². The Morgan fingerprint density at radius 2 is 2.12 bits per heavy atom. The summed E-state index contributed by atoms with van der Waals surface area (Å²) in [6.07, 6.45) is 4.55. The summed E-state index contributed by atoms with van der Waals surface area (Å²) in [5.74, 6) is 0.0977. The maximum atomic E-state index is 10.8. The van der Waals surface area contributed by atoms with Crippen LogP contribution in [-0.4, -0.2) is 35.1 Å². The summed E-state index contributed by atoms with van der Waals surface area (Å²) in [4.78, 5) is 10.8. The van der Waals surface area contributed by atoms with E-state index in [-0.39, 0.29) is 0 Å². The van der Waals surface area contributed by atoms with Crippen LogP contribution in [0.5, 0.6) is 11.5 Å². The van der Waals surface area contributed by atoms with E-state index in [0.29, 0.717) is 35.7 Å². The van der Waals surface area contributed by atoms with Crippen molar-refractivity contribution < 1.29 is 19.4 Å². The second-order valence-electron chi connectivity index (χ2n) is 4.85. The number of rotatable bonds is 7. The predicted molar refractivity (Wildman–Crippen MR) is 87.7 cm³/mol. The third-order valence-corrected chi connectivity index (χ3v) is 3.31. The smallest absolute Gasteiger partial charge is 0.328 e. The number of hydrogen-bond donors (Lipinski definition) is 1. The molecule has 0 aliphatic heterocycles. The average molecular weight is 327 g/mol. The zero-order chi connectivity index (χ0) is 17.5. The lowest BCUT2D eigenvalue weighted by Crippen LogP contribution is -1.97. The van der Waals surface area contributed by atoms with Crippen LogP contribution in [0.15, 0.2) is 30.5 Å². The zero-order valence-corrected chi connectivity index (χ0v) is 13.4. The van der Waals surface area contributed by atoms with Crippen LogP contribution in [0.25, 0.3) is 17.3 Å². The Balaban J connectivity index is 2.48. The van der Waals surface area contributed by atoms with Crippen molar-refractivity contribution in [3.05, 3.63) is 36.0 Å². The van der Waals surface area contributed by atoms with E-state index in [4.69, 9.17) is 19.8 Å². The molecule has 0 aliphatic rings. The molecule has 0 aliphatic carbocycles. The molecule has 0 bridgehead atoms. The summed E-state index contributed by atoms with van der Waals surface area (Å²) in [7, 11) is 3.09. The molecule has 0 spiro atoms. The molecule has 0 fully saturated rings. The van der Waals surface area contributed by atoms with Gasteiger partial charge in [-0.2, -0.15) is 10.4 Å². The Morgan fingerprint density at radius 1 is 1.38 bits per heavy atom. The Hall–Kier alpha value is -3.27. The first-order valence-electron chi connectivity index (χ1n) is 7.17. The topological polar surface area (TPSA) is 97.4 Å². The van der Waals surface area contributed by atoms with Crippen molar-refractivity contribution in [2.75, 3.05) is 14.2 Å². The number of nitriles is 1.